The van der Waals surface area contributed by atoms with Crippen molar-refractivity contribution in [1.82, 2.24) is 0 Å². The predicted molar refractivity (Wildman–Crippen MR) is 55.9 cm³/mol. The Labute approximate surface area is 84.0 Å². The quantitative estimate of drug-likeness (QED) is 0.743. The highest BCUT2D eigenvalue weighted by Gasteiger charge is 2.20. The summed E-state index contributed by atoms with van der Waals surface area (Å²) in [4.78, 5) is 0. The first-order chi connectivity index (χ1) is 6.56. The number of anilines is 1. The van der Waals surface area contributed by atoms with Crippen LogP contribution in [0.5, 0.6) is 11.5 Å². The van der Waals surface area contributed by atoms with Crippen LogP contribution in [0.15, 0.2) is 18.2 Å². The van der Waals surface area contributed by atoms with Gasteiger partial charge in [0.05, 0.1) is 5.69 Å². The zero-order valence-electron chi connectivity index (χ0n) is 8.76. The number of nitrogens with one attached hydrogen (secondary N) is 1. The van der Waals surface area contributed by atoms with Crippen LogP contribution in [0.3, 0.4) is 0 Å². The Balaban J connectivity index is 2.31. The molecule has 2 rings (SSSR count). The summed E-state index contributed by atoms with van der Waals surface area (Å²) in [5, 5.41) is 3.38. The van der Waals surface area contributed by atoms with Crippen LogP contribution in [0.2, 0.25) is 0 Å². The highest BCUT2D eigenvalue weighted by atomic mass is 16.7. The van der Waals surface area contributed by atoms with E-state index in [9.17, 15) is 0 Å². The fourth-order valence-electron chi connectivity index (χ4n) is 1.43. The molecule has 1 aromatic carbocycles. The summed E-state index contributed by atoms with van der Waals surface area (Å²) < 4.78 is 10.7. The van der Waals surface area contributed by atoms with Gasteiger partial charge in [0.2, 0.25) is 6.79 Å². The summed E-state index contributed by atoms with van der Waals surface area (Å²) in [6.07, 6.45) is 0. The zero-order chi connectivity index (χ0) is 10.2. The van der Waals surface area contributed by atoms with E-state index < -0.39 is 0 Å². The number of benzene rings is 1. The Bertz CT molecular complexity index is 342. The molecular formula is C11H15NO2. The molecule has 0 atom stereocenters. The SMILES string of the molecule is CC(C)(C)Nc1cccc2c1OCO2. The molecule has 0 fully saturated rings. The number of para-hydroxylation sites is 1. The van der Waals surface area contributed by atoms with Crippen molar-refractivity contribution >= 4 is 5.69 Å². The minimum absolute atomic E-state index is 0.0288. The van der Waals surface area contributed by atoms with E-state index in [1.165, 1.54) is 0 Å². The Morgan fingerprint density at radius 2 is 2.00 bits per heavy atom. The minimum atomic E-state index is 0.0288. The van der Waals surface area contributed by atoms with Crippen molar-refractivity contribution in [2.45, 2.75) is 26.3 Å². The summed E-state index contributed by atoms with van der Waals surface area (Å²) in [6.45, 7) is 6.66. The maximum atomic E-state index is 5.39. The van der Waals surface area contributed by atoms with Gasteiger partial charge in [-0.25, -0.2) is 0 Å². The van der Waals surface area contributed by atoms with Gasteiger partial charge in [-0.2, -0.15) is 0 Å². The third kappa shape index (κ3) is 1.76. The van der Waals surface area contributed by atoms with Crippen LogP contribution >= 0.6 is 0 Å². The maximum absolute atomic E-state index is 5.39. The van der Waals surface area contributed by atoms with Crippen molar-refractivity contribution < 1.29 is 9.47 Å². The average Bonchev–Trinajstić information content (AvgIpc) is 2.49. The average molecular weight is 193 g/mol. The second-order valence-corrected chi connectivity index (χ2v) is 4.41. The molecule has 14 heavy (non-hydrogen) atoms. The van der Waals surface area contributed by atoms with Crippen molar-refractivity contribution in [2.75, 3.05) is 12.1 Å². The molecule has 0 aromatic heterocycles. The van der Waals surface area contributed by atoms with Crippen LogP contribution < -0.4 is 14.8 Å². The van der Waals surface area contributed by atoms with Crippen molar-refractivity contribution in [3.63, 3.8) is 0 Å². The molecule has 1 aliphatic rings. The first-order valence-corrected chi connectivity index (χ1v) is 4.73. The van der Waals surface area contributed by atoms with Gasteiger partial charge < -0.3 is 14.8 Å². The lowest BCUT2D eigenvalue weighted by Crippen LogP contribution is -2.26. The van der Waals surface area contributed by atoms with E-state index in [1.54, 1.807) is 0 Å². The van der Waals surface area contributed by atoms with Crippen LogP contribution in [0.25, 0.3) is 0 Å². The van der Waals surface area contributed by atoms with E-state index in [-0.39, 0.29) is 5.54 Å². The van der Waals surface area contributed by atoms with Crippen LogP contribution in [-0.4, -0.2) is 12.3 Å². The molecule has 0 aliphatic carbocycles. The molecule has 0 saturated carbocycles. The molecule has 0 saturated heterocycles. The molecule has 3 heteroatoms. The standard InChI is InChI=1S/C11H15NO2/c1-11(2,3)12-8-5-4-6-9-10(8)14-7-13-9/h4-6,12H,7H2,1-3H3. The summed E-state index contributed by atoms with van der Waals surface area (Å²) in [7, 11) is 0. The summed E-state index contributed by atoms with van der Waals surface area (Å²) in [5.41, 5.74) is 1.02. The number of ether oxygens (including phenoxy) is 2. The van der Waals surface area contributed by atoms with Gasteiger partial charge in [0.25, 0.3) is 0 Å². The highest BCUT2D eigenvalue weighted by molar-refractivity contribution is 5.64. The van der Waals surface area contributed by atoms with Crippen molar-refractivity contribution in [2.24, 2.45) is 0 Å². The zero-order valence-corrected chi connectivity index (χ0v) is 8.76. The second-order valence-electron chi connectivity index (χ2n) is 4.41. The van der Waals surface area contributed by atoms with Crippen LogP contribution in [0.1, 0.15) is 20.8 Å². The summed E-state index contributed by atoms with van der Waals surface area (Å²) >= 11 is 0. The molecule has 1 N–H and O–H groups in total. The fraction of sp³-hybridized carbons (Fsp3) is 0.455. The predicted octanol–water partition coefficient (Wildman–Crippen LogP) is 2.63. The highest BCUT2D eigenvalue weighted by Crippen LogP contribution is 2.39. The van der Waals surface area contributed by atoms with Gasteiger partial charge in [-0.15, -0.1) is 0 Å². The molecule has 3 nitrogen and oxygen atoms in total. The molecule has 1 heterocycles. The number of hydrogen-bond acceptors (Lipinski definition) is 3. The normalized spacial score (nSPS) is 14.2. The Hall–Kier alpha value is -1.38. The van der Waals surface area contributed by atoms with Crippen molar-refractivity contribution in [1.29, 1.82) is 0 Å². The summed E-state index contributed by atoms with van der Waals surface area (Å²) in [6, 6.07) is 5.87. The van der Waals surface area contributed by atoms with Gasteiger partial charge in [0.1, 0.15) is 0 Å². The first kappa shape index (κ1) is 9.19. The molecule has 76 valence electrons. The van der Waals surface area contributed by atoms with E-state index in [1.807, 2.05) is 18.2 Å². The lowest BCUT2D eigenvalue weighted by atomic mass is 10.1. The largest absolute Gasteiger partial charge is 0.454 e. The van der Waals surface area contributed by atoms with Crippen LogP contribution in [-0.2, 0) is 0 Å². The molecular weight excluding hydrogens is 178 g/mol. The molecule has 0 unspecified atom stereocenters. The number of hydrogen-bond donors (Lipinski definition) is 1. The molecule has 1 aliphatic heterocycles. The molecule has 1 aromatic rings. The fourth-order valence-corrected chi connectivity index (χ4v) is 1.43. The molecule has 0 spiro atoms. The van der Waals surface area contributed by atoms with E-state index >= 15 is 0 Å². The topological polar surface area (TPSA) is 30.5 Å². The first-order valence-electron chi connectivity index (χ1n) is 4.73. The van der Waals surface area contributed by atoms with Crippen molar-refractivity contribution in [3.05, 3.63) is 18.2 Å². The molecule has 0 amide bonds. The number of fused-ring (bicyclic) bond motifs is 1. The number of rotatable bonds is 1. The third-order valence-corrected chi connectivity index (χ3v) is 1.91. The summed E-state index contributed by atoms with van der Waals surface area (Å²) in [5.74, 6) is 1.64. The van der Waals surface area contributed by atoms with Crippen LogP contribution in [0, 0.1) is 0 Å². The Kier molecular flexibility index (Phi) is 2.02. The van der Waals surface area contributed by atoms with Crippen LogP contribution in [0.4, 0.5) is 5.69 Å². The van der Waals surface area contributed by atoms with Gasteiger partial charge in [0.15, 0.2) is 11.5 Å². The van der Waals surface area contributed by atoms with E-state index in [0.29, 0.717) is 6.79 Å². The van der Waals surface area contributed by atoms with E-state index in [2.05, 4.69) is 26.1 Å². The van der Waals surface area contributed by atoms with E-state index in [4.69, 9.17) is 9.47 Å². The lowest BCUT2D eigenvalue weighted by molar-refractivity contribution is 0.174. The molecule has 0 bridgehead atoms. The van der Waals surface area contributed by atoms with Gasteiger partial charge in [-0.1, -0.05) is 6.07 Å². The second kappa shape index (κ2) is 3.08. The minimum Gasteiger partial charge on any atom is -0.454 e. The third-order valence-electron chi connectivity index (χ3n) is 1.91. The molecule has 0 radical (unpaired) electrons. The van der Waals surface area contributed by atoms with Gasteiger partial charge in [-0.05, 0) is 32.9 Å². The Morgan fingerprint density at radius 3 is 2.71 bits per heavy atom. The maximum Gasteiger partial charge on any atom is 0.231 e. The van der Waals surface area contributed by atoms with Crippen molar-refractivity contribution in [3.8, 4) is 11.5 Å². The Morgan fingerprint density at radius 1 is 1.21 bits per heavy atom. The monoisotopic (exact) mass is 193 g/mol. The van der Waals surface area contributed by atoms with Gasteiger partial charge in [0, 0.05) is 5.54 Å². The van der Waals surface area contributed by atoms with E-state index in [0.717, 1.165) is 17.2 Å². The lowest BCUT2D eigenvalue weighted by Gasteiger charge is -2.22. The van der Waals surface area contributed by atoms with Gasteiger partial charge in [-0.3, -0.25) is 0 Å². The smallest absolute Gasteiger partial charge is 0.231 e. The van der Waals surface area contributed by atoms with Gasteiger partial charge >= 0.3 is 0 Å².